The van der Waals surface area contributed by atoms with E-state index in [2.05, 4.69) is 0 Å². The fourth-order valence-corrected chi connectivity index (χ4v) is 2.22. The summed E-state index contributed by atoms with van der Waals surface area (Å²) in [7, 11) is 0. The van der Waals surface area contributed by atoms with Gasteiger partial charge in [-0.15, -0.1) is 0 Å². The van der Waals surface area contributed by atoms with E-state index in [1.165, 1.54) is 11.5 Å². The van der Waals surface area contributed by atoms with E-state index < -0.39 is 11.7 Å². The Morgan fingerprint density at radius 2 is 2.00 bits per heavy atom. The van der Waals surface area contributed by atoms with E-state index in [1.807, 2.05) is 6.92 Å². The topological polar surface area (TPSA) is 22.0 Å². The summed E-state index contributed by atoms with van der Waals surface area (Å²) in [6, 6.07) is 0.921. The molecule has 0 radical (unpaired) electrons. The molecule has 0 aliphatic heterocycles. The van der Waals surface area contributed by atoms with Crippen molar-refractivity contribution in [2.75, 3.05) is 0 Å². The Labute approximate surface area is 103 Å². The Bertz CT molecular complexity index is 512. The summed E-state index contributed by atoms with van der Waals surface area (Å²) in [5, 5.41) is 0. The fourth-order valence-electron chi connectivity index (χ4n) is 2.22. The van der Waals surface area contributed by atoms with Crippen molar-refractivity contribution in [2.45, 2.75) is 45.8 Å². The SMILES string of the molecule is CCC1(Cn2cc(C(F)(F)F)cc(C)c2=O)CC1. The predicted octanol–water partition coefficient (Wildman–Crippen LogP) is 3.37. The van der Waals surface area contributed by atoms with Gasteiger partial charge in [-0.05, 0) is 37.7 Å². The number of rotatable bonds is 3. The van der Waals surface area contributed by atoms with Crippen LogP contribution in [0.1, 0.15) is 37.3 Å². The van der Waals surface area contributed by atoms with Crippen molar-refractivity contribution >= 4 is 0 Å². The van der Waals surface area contributed by atoms with Gasteiger partial charge in [-0.3, -0.25) is 4.79 Å². The molecule has 0 aromatic carbocycles. The first-order valence-corrected chi connectivity index (χ1v) is 6.06. The highest BCUT2D eigenvalue weighted by Crippen LogP contribution is 2.49. The third kappa shape index (κ3) is 2.44. The summed E-state index contributed by atoms with van der Waals surface area (Å²) in [4.78, 5) is 11.9. The van der Waals surface area contributed by atoms with E-state index >= 15 is 0 Å². The molecule has 1 fully saturated rings. The van der Waals surface area contributed by atoms with Gasteiger partial charge in [0.1, 0.15) is 0 Å². The van der Waals surface area contributed by atoms with Crippen LogP contribution < -0.4 is 5.56 Å². The maximum Gasteiger partial charge on any atom is 0.417 e. The molecule has 1 heterocycles. The third-order valence-corrected chi connectivity index (χ3v) is 3.81. The molecule has 100 valence electrons. The van der Waals surface area contributed by atoms with Crippen LogP contribution >= 0.6 is 0 Å². The molecule has 5 heteroatoms. The summed E-state index contributed by atoms with van der Waals surface area (Å²) in [5.74, 6) is 0. The monoisotopic (exact) mass is 259 g/mol. The molecule has 0 N–H and O–H groups in total. The van der Waals surface area contributed by atoms with Crippen LogP contribution in [0, 0.1) is 12.3 Å². The number of pyridine rings is 1. The standard InChI is InChI=1S/C13H16F3NO/c1-3-12(4-5-12)8-17-7-10(13(14,15)16)6-9(2)11(17)18/h6-7H,3-5,8H2,1-2H3. The molecule has 0 bridgehead atoms. The minimum Gasteiger partial charge on any atom is -0.314 e. The van der Waals surface area contributed by atoms with Gasteiger partial charge in [0.25, 0.3) is 5.56 Å². The van der Waals surface area contributed by atoms with E-state index in [1.54, 1.807) is 0 Å². The number of alkyl halides is 3. The van der Waals surface area contributed by atoms with Gasteiger partial charge in [0, 0.05) is 18.3 Å². The van der Waals surface area contributed by atoms with Crippen molar-refractivity contribution < 1.29 is 13.2 Å². The lowest BCUT2D eigenvalue weighted by Gasteiger charge is -2.17. The lowest BCUT2D eigenvalue weighted by molar-refractivity contribution is -0.138. The fraction of sp³-hybridized carbons (Fsp3) is 0.615. The van der Waals surface area contributed by atoms with Crippen LogP contribution in [-0.2, 0) is 12.7 Å². The van der Waals surface area contributed by atoms with Crippen LogP contribution in [0.2, 0.25) is 0 Å². The third-order valence-electron chi connectivity index (χ3n) is 3.81. The normalized spacial score (nSPS) is 17.8. The second kappa shape index (κ2) is 4.14. The van der Waals surface area contributed by atoms with Gasteiger partial charge < -0.3 is 4.57 Å². The van der Waals surface area contributed by atoms with Crippen LogP contribution in [-0.4, -0.2) is 4.57 Å². The molecule has 2 nitrogen and oxygen atoms in total. The van der Waals surface area contributed by atoms with Gasteiger partial charge in [-0.2, -0.15) is 13.2 Å². The van der Waals surface area contributed by atoms with E-state index in [0.29, 0.717) is 6.54 Å². The van der Waals surface area contributed by atoms with Crippen molar-refractivity contribution in [3.05, 3.63) is 33.7 Å². The number of hydrogen-bond acceptors (Lipinski definition) is 1. The van der Waals surface area contributed by atoms with Crippen molar-refractivity contribution in [1.29, 1.82) is 0 Å². The van der Waals surface area contributed by atoms with Crippen LogP contribution in [0.3, 0.4) is 0 Å². The molecular formula is C13H16F3NO. The number of halogens is 3. The zero-order valence-corrected chi connectivity index (χ0v) is 10.5. The van der Waals surface area contributed by atoms with E-state index in [9.17, 15) is 18.0 Å². The molecule has 0 saturated heterocycles. The first-order valence-electron chi connectivity index (χ1n) is 6.06. The maximum atomic E-state index is 12.7. The molecule has 0 amide bonds. The van der Waals surface area contributed by atoms with Gasteiger partial charge in [-0.1, -0.05) is 6.92 Å². The van der Waals surface area contributed by atoms with Crippen molar-refractivity contribution in [2.24, 2.45) is 5.41 Å². The number of aromatic nitrogens is 1. The van der Waals surface area contributed by atoms with Crippen molar-refractivity contribution in [1.82, 2.24) is 4.57 Å². The lowest BCUT2D eigenvalue weighted by atomic mass is 10.0. The predicted molar refractivity (Wildman–Crippen MR) is 62.4 cm³/mol. The summed E-state index contributed by atoms with van der Waals surface area (Å²) in [5.41, 5.74) is -0.869. The Morgan fingerprint density at radius 3 is 2.44 bits per heavy atom. The highest BCUT2D eigenvalue weighted by atomic mass is 19.4. The second-order valence-corrected chi connectivity index (χ2v) is 5.20. The van der Waals surface area contributed by atoms with Gasteiger partial charge in [0.05, 0.1) is 5.56 Å². The van der Waals surface area contributed by atoms with E-state index in [0.717, 1.165) is 31.5 Å². The largest absolute Gasteiger partial charge is 0.417 e. The van der Waals surface area contributed by atoms with Gasteiger partial charge in [-0.25, -0.2) is 0 Å². The zero-order valence-electron chi connectivity index (χ0n) is 10.5. The highest BCUT2D eigenvalue weighted by Gasteiger charge is 2.41. The zero-order chi connectivity index (χ0) is 13.6. The minimum atomic E-state index is -4.40. The first-order chi connectivity index (χ1) is 8.27. The summed E-state index contributed by atoms with van der Waals surface area (Å²) < 4.78 is 39.3. The molecule has 2 rings (SSSR count). The molecule has 1 aromatic heterocycles. The van der Waals surface area contributed by atoms with Crippen LogP contribution in [0.15, 0.2) is 17.1 Å². The first kappa shape index (κ1) is 13.2. The van der Waals surface area contributed by atoms with Crippen molar-refractivity contribution in [3.63, 3.8) is 0 Å². The molecule has 1 aromatic rings. The average molecular weight is 259 g/mol. The molecule has 0 atom stereocenters. The van der Waals surface area contributed by atoms with Gasteiger partial charge in [0.2, 0.25) is 0 Å². The average Bonchev–Trinajstić information content (AvgIpc) is 3.04. The molecular weight excluding hydrogens is 243 g/mol. The molecule has 18 heavy (non-hydrogen) atoms. The summed E-state index contributed by atoms with van der Waals surface area (Å²) in [6.45, 7) is 3.84. The number of aryl methyl sites for hydroxylation is 1. The molecule has 1 aliphatic rings. The maximum absolute atomic E-state index is 12.7. The second-order valence-electron chi connectivity index (χ2n) is 5.20. The number of hydrogen-bond donors (Lipinski definition) is 0. The van der Waals surface area contributed by atoms with Crippen LogP contribution in [0.5, 0.6) is 0 Å². The Hall–Kier alpha value is -1.26. The minimum absolute atomic E-state index is 0.0422. The summed E-state index contributed by atoms with van der Waals surface area (Å²) >= 11 is 0. The molecule has 1 saturated carbocycles. The van der Waals surface area contributed by atoms with Gasteiger partial charge in [0.15, 0.2) is 0 Å². The molecule has 1 aliphatic carbocycles. The number of nitrogens with zero attached hydrogens (tertiary/aromatic N) is 1. The van der Waals surface area contributed by atoms with Gasteiger partial charge >= 0.3 is 6.18 Å². The molecule has 0 spiro atoms. The van der Waals surface area contributed by atoms with E-state index in [-0.39, 0.29) is 16.5 Å². The Balaban J connectivity index is 2.40. The molecule has 0 unspecified atom stereocenters. The quantitative estimate of drug-likeness (QED) is 0.815. The van der Waals surface area contributed by atoms with Crippen LogP contribution in [0.4, 0.5) is 13.2 Å². The van der Waals surface area contributed by atoms with E-state index in [4.69, 9.17) is 0 Å². The lowest BCUT2D eigenvalue weighted by Crippen LogP contribution is -2.27. The van der Waals surface area contributed by atoms with Crippen molar-refractivity contribution in [3.8, 4) is 0 Å². The Morgan fingerprint density at radius 1 is 1.39 bits per heavy atom. The van der Waals surface area contributed by atoms with Crippen LogP contribution in [0.25, 0.3) is 0 Å². The Kier molecular flexibility index (Phi) is 3.03. The summed E-state index contributed by atoms with van der Waals surface area (Å²) in [6.07, 6.45) is -0.570. The highest BCUT2D eigenvalue weighted by molar-refractivity contribution is 5.21. The smallest absolute Gasteiger partial charge is 0.314 e.